The van der Waals surface area contributed by atoms with Crippen molar-refractivity contribution in [1.29, 1.82) is 0 Å². The fourth-order valence-electron chi connectivity index (χ4n) is 3.21. The van der Waals surface area contributed by atoms with E-state index < -0.39 is 0 Å². The molecule has 0 saturated heterocycles. The van der Waals surface area contributed by atoms with Gasteiger partial charge in [-0.3, -0.25) is 4.79 Å². The summed E-state index contributed by atoms with van der Waals surface area (Å²) < 4.78 is 10.9. The molecule has 5 nitrogen and oxygen atoms in total. The van der Waals surface area contributed by atoms with Gasteiger partial charge >= 0.3 is 0 Å². The molecule has 2 aromatic carbocycles. The minimum Gasteiger partial charge on any atom is -0.484 e. The Hall–Kier alpha value is -2.82. The number of anilines is 1. The van der Waals surface area contributed by atoms with Crippen LogP contribution in [0, 0.1) is 0 Å². The summed E-state index contributed by atoms with van der Waals surface area (Å²) in [4.78, 5) is 18.7. The summed E-state index contributed by atoms with van der Waals surface area (Å²) in [5.41, 5.74) is 3.63. The Kier molecular flexibility index (Phi) is 3.69. The number of rotatable bonds is 3. The Morgan fingerprint density at radius 2 is 2.21 bits per heavy atom. The summed E-state index contributed by atoms with van der Waals surface area (Å²) >= 11 is 0. The molecule has 2 heterocycles. The van der Waals surface area contributed by atoms with Crippen LogP contribution >= 0.6 is 0 Å². The highest BCUT2D eigenvalue weighted by Gasteiger charge is 2.28. The van der Waals surface area contributed by atoms with E-state index in [1.54, 1.807) is 18.2 Å². The zero-order valence-corrected chi connectivity index (χ0v) is 13.4. The lowest BCUT2D eigenvalue weighted by atomic mass is 9.96. The molecular formula is C19H18N2O3. The molecule has 0 unspecified atom stereocenters. The van der Waals surface area contributed by atoms with Crippen LogP contribution in [-0.2, 0) is 11.2 Å². The molecule has 1 aliphatic rings. The number of carbonyl (C=O) groups is 1. The van der Waals surface area contributed by atoms with Crippen molar-refractivity contribution in [1.82, 2.24) is 4.98 Å². The molecule has 1 aliphatic heterocycles. The number of fused-ring (bicyclic) bond motifs is 2. The molecule has 0 N–H and O–H groups in total. The number of amides is 1. The van der Waals surface area contributed by atoms with E-state index in [2.05, 4.69) is 18.0 Å². The number of hydrogen-bond donors (Lipinski definition) is 0. The van der Waals surface area contributed by atoms with Gasteiger partial charge in [-0.15, -0.1) is 0 Å². The molecule has 1 amide bonds. The molecule has 0 fully saturated rings. The minimum atomic E-state index is -0.0325. The van der Waals surface area contributed by atoms with Crippen LogP contribution in [0.15, 0.2) is 53.3 Å². The molecule has 0 saturated carbocycles. The van der Waals surface area contributed by atoms with Gasteiger partial charge in [0.2, 0.25) is 0 Å². The van der Waals surface area contributed by atoms with Gasteiger partial charge in [0.25, 0.3) is 5.91 Å². The number of aryl methyl sites for hydroxylation is 1. The number of ether oxygens (including phenoxy) is 1. The topological polar surface area (TPSA) is 55.6 Å². The zero-order chi connectivity index (χ0) is 16.5. The highest BCUT2D eigenvalue weighted by Crippen LogP contribution is 2.30. The van der Waals surface area contributed by atoms with Crippen molar-refractivity contribution >= 4 is 22.7 Å². The van der Waals surface area contributed by atoms with Crippen molar-refractivity contribution in [3.63, 3.8) is 0 Å². The third-order valence-electron chi connectivity index (χ3n) is 4.46. The normalized spacial score (nSPS) is 16.9. The monoisotopic (exact) mass is 322 g/mol. The quantitative estimate of drug-likeness (QED) is 0.739. The Morgan fingerprint density at radius 3 is 3.12 bits per heavy atom. The average molecular weight is 322 g/mol. The fraction of sp³-hybridized carbons (Fsp3) is 0.263. The van der Waals surface area contributed by atoms with Crippen molar-refractivity contribution in [2.75, 3.05) is 11.5 Å². The zero-order valence-electron chi connectivity index (χ0n) is 13.4. The van der Waals surface area contributed by atoms with Gasteiger partial charge in [-0.2, -0.15) is 0 Å². The number of nitrogens with zero attached hydrogens (tertiary/aromatic N) is 2. The van der Waals surface area contributed by atoms with Crippen LogP contribution in [0.5, 0.6) is 5.75 Å². The largest absolute Gasteiger partial charge is 0.484 e. The molecule has 122 valence electrons. The average Bonchev–Trinajstić information content (AvgIpc) is 3.07. The van der Waals surface area contributed by atoms with E-state index in [4.69, 9.17) is 9.15 Å². The van der Waals surface area contributed by atoms with Gasteiger partial charge in [0.15, 0.2) is 18.6 Å². The maximum Gasteiger partial charge on any atom is 0.265 e. The van der Waals surface area contributed by atoms with Crippen LogP contribution in [0.4, 0.5) is 5.69 Å². The summed E-state index contributed by atoms with van der Waals surface area (Å²) in [6, 6.07) is 13.6. The van der Waals surface area contributed by atoms with E-state index in [0.29, 0.717) is 11.3 Å². The van der Waals surface area contributed by atoms with Gasteiger partial charge < -0.3 is 14.1 Å². The van der Waals surface area contributed by atoms with E-state index in [9.17, 15) is 4.79 Å². The Morgan fingerprint density at radius 1 is 1.33 bits per heavy atom. The van der Waals surface area contributed by atoms with Crippen LogP contribution in [-0.4, -0.2) is 23.5 Å². The van der Waals surface area contributed by atoms with Gasteiger partial charge in [0, 0.05) is 17.8 Å². The van der Waals surface area contributed by atoms with Crippen molar-refractivity contribution in [2.45, 2.75) is 25.8 Å². The van der Waals surface area contributed by atoms with E-state index in [-0.39, 0.29) is 18.6 Å². The first kappa shape index (κ1) is 14.8. The summed E-state index contributed by atoms with van der Waals surface area (Å²) in [6.07, 6.45) is 3.37. The second-order valence-corrected chi connectivity index (χ2v) is 6.05. The number of para-hydroxylation sites is 1. The van der Waals surface area contributed by atoms with Crippen LogP contribution < -0.4 is 9.64 Å². The van der Waals surface area contributed by atoms with Gasteiger partial charge in [-0.05, 0) is 43.5 Å². The van der Waals surface area contributed by atoms with Gasteiger partial charge in [-0.1, -0.05) is 18.2 Å². The Labute approximate surface area is 139 Å². The van der Waals surface area contributed by atoms with Crippen molar-refractivity contribution in [3.05, 3.63) is 54.4 Å². The molecule has 0 bridgehead atoms. The summed E-state index contributed by atoms with van der Waals surface area (Å²) in [5.74, 6) is 0.581. The molecule has 4 rings (SSSR count). The predicted octanol–water partition coefficient (Wildman–Crippen LogP) is 3.57. The Bertz CT molecular complexity index is 887. The first-order chi connectivity index (χ1) is 11.7. The van der Waals surface area contributed by atoms with E-state index in [1.807, 2.05) is 23.1 Å². The first-order valence-electron chi connectivity index (χ1n) is 8.08. The number of hydrogen-bond acceptors (Lipinski definition) is 4. The van der Waals surface area contributed by atoms with E-state index in [1.165, 1.54) is 12.0 Å². The van der Waals surface area contributed by atoms with Crippen molar-refractivity contribution in [2.24, 2.45) is 0 Å². The maximum atomic E-state index is 12.7. The molecule has 0 radical (unpaired) electrons. The van der Waals surface area contributed by atoms with Crippen LogP contribution in [0.2, 0.25) is 0 Å². The van der Waals surface area contributed by atoms with Crippen LogP contribution in [0.1, 0.15) is 18.9 Å². The van der Waals surface area contributed by atoms with Crippen LogP contribution in [0.25, 0.3) is 11.1 Å². The predicted molar refractivity (Wildman–Crippen MR) is 91.2 cm³/mol. The molecule has 3 aromatic rings. The molecule has 1 atom stereocenters. The minimum absolute atomic E-state index is 0.00202. The van der Waals surface area contributed by atoms with Crippen LogP contribution in [0.3, 0.4) is 0 Å². The lowest BCUT2D eigenvalue weighted by Crippen LogP contribution is -2.44. The highest BCUT2D eigenvalue weighted by atomic mass is 16.5. The number of oxazole rings is 1. The molecule has 0 spiro atoms. The second kappa shape index (κ2) is 6.00. The summed E-state index contributed by atoms with van der Waals surface area (Å²) in [7, 11) is 0. The lowest BCUT2D eigenvalue weighted by Gasteiger charge is -2.35. The molecule has 5 heteroatoms. The molecule has 0 aliphatic carbocycles. The standard InChI is InChI=1S/C19H18N2O3/c1-13-6-7-14-4-2-3-5-17(14)21(13)19(22)11-23-15-8-9-18-16(10-15)20-12-24-18/h2-5,8-10,12-13H,6-7,11H2,1H3/t13-/m1/s1. The van der Waals surface area contributed by atoms with Gasteiger partial charge in [0.05, 0.1) is 0 Å². The van der Waals surface area contributed by atoms with E-state index in [0.717, 1.165) is 24.0 Å². The van der Waals surface area contributed by atoms with E-state index >= 15 is 0 Å². The number of carbonyl (C=O) groups excluding carboxylic acids is 1. The Balaban J connectivity index is 1.51. The number of aromatic nitrogens is 1. The van der Waals surface area contributed by atoms with Crippen molar-refractivity contribution < 1.29 is 13.9 Å². The molecule has 1 aromatic heterocycles. The molecule has 24 heavy (non-hydrogen) atoms. The van der Waals surface area contributed by atoms with Gasteiger partial charge in [-0.25, -0.2) is 4.98 Å². The summed E-state index contributed by atoms with van der Waals surface area (Å²) in [5, 5.41) is 0. The fourth-order valence-corrected chi connectivity index (χ4v) is 3.21. The lowest BCUT2D eigenvalue weighted by molar-refractivity contribution is -0.121. The third-order valence-corrected chi connectivity index (χ3v) is 4.46. The SMILES string of the molecule is C[C@@H]1CCc2ccccc2N1C(=O)COc1ccc2ocnc2c1. The van der Waals surface area contributed by atoms with Crippen molar-refractivity contribution in [3.8, 4) is 5.75 Å². The van der Waals surface area contributed by atoms with Gasteiger partial charge in [0.1, 0.15) is 11.3 Å². The summed E-state index contributed by atoms with van der Waals surface area (Å²) in [6.45, 7) is 2.08. The maximum absolute atomic E-state index is 12.7. The highest BCUT2D eigenvalue weighted by molar-refractivity contribution is 5.96. The molecular weight excluding hydrogens is 304 g/mol. The first-order valence-corrected chi connectivity index (χ1v) is 8.08. The number of benzene rings is 2. The second-order valence-electron chi connectivity index (χ2n) is 6.05. The third kappa shape index (κ3) is 2.62. The smallest absolute Gasteiger partial charge is 0.265 e.